The summed E-state index contributed by atoms with van der Waals surface area (Å²) >= 11 is 5.96. The lowest BCUT2D eigenvalue weighted by molar-refractivity contribution is 1.01. The van der Waals surface area contributed by atoms with E-state index in [4.69, 9.17) is 11.6 Å². The summed E-state index contributed by atoms with van der Waals surface area (Å²) in [5, 5.41) is 0.526. The predicted molar refractivity (Wildman–Crippen MR) is 52.1 cm³/mol. The van der Waals surface area contributed by atoms with Crippen molar-refractivity contribution < 1.29 is 0 Å². The van der Waals surface area contributed by atoms with Crippen molar-refractivity contribution in [1.82, 2.24) is 15.0 Å². The molecule has 0 saturated heterocycles. The Balaban J connectivity index is 2.68. The first-order valence-corrected chi connectivity index (χ1v) is 4.60. The van der Waals surface area contributed by atoms with Crippen LogP contribution in [-0.4, -0.2) is 15.0 Å². The van der Waals surface area contributed by atoms with Gasteiger partial charge in [-0.15, -0.1) is 0 Å². The van der Waals surface area contributed by atoms with Crippen LogP contribution in [0, 0.1) is 6.92 Å². The van der Waals surface area contributed by atoms with Crippen molar-refractivity contribution in [2.75, 3.05) is 0 Å². The zero-order valence-corrected chi connectivity index (χ0v) is 8.31. The Labute approximate surface area is 81.5 Å². The number of H-pyrrole nitrogens is 1. The summed E-state index contributed by atoms with van der Waals surface area (Å²) in [6.45, 7) is 3.93. The molecule has 0 bridgehead atoms. The highest BCUT2D eigenvalue weighted by molar-refractivity contribution is 6.32. The number of rotatable bonds is 1. The van der Waals surface area contributed by atoms with Gasteiger partial charge < -0.3 is 4.98 Å². The Morgan fingerprint density at radius 2 is 2.23 bits per heavy atom. The van der Waals surface area contributed by atoms with E-state index in [0.29, 0.717) is 5.15 Å². The minimum atomic E-state index is 0.526. The molecule has 13 heavy (non-hydrogen) atoms. The maximum absolute atomic E-state index is 5.96. The average molecular weight is 196 g/mol. The lowest BCUT2D eigenvalue weighted by atomic mass is 10.3. The molecule has 4 heteroatoms. The number of nitrogens with one attached hydrogen (secondary N) is 1. The van der Waals surface area contributed by atoms with Gasteiger partial charge in [0, 0.05) is 5.69 Å². The zero-order valence-electron chi connectivity index (χ0n) is 7.56. The van der Waals surface area contributed by atoms with Crippen molar-refractivity contribution in [2.45, 2.75) is 20.3 Å². The zero-order chi connectivity index (χ0) is 9.42. The molecule has 0 atom stereocenters. The molecule has 0 aliphatic carbocycles. The molecule has 0 spiro atoms. The van der Waals surface area contributed by atoms with Crippen molar-refractivity contribution in [3.8, 4) is 11.4 Å². The molecular formula is C9H10ClN3. The summed E-state index contributed by atoms with van der Waals surface area (Å²) in [5.74, 6) is 1.62. The monoisotopic (exact) mass is 195 g/mol. The number of hydrogen-bond donors (Lipinski definition) is 1. The third-order valence-corrected chi connectivity index (χ3v) is 2.26. The van der Waals surface area contributed by atoms with Crippen molar-refractivity contribution in [1.29, 1.82) is 0 Å². The van der Waals surface area contributed by atoms with Gasteiger partial charge in [0.25, 0.3) is 0 Å². The molecule has 2 aliphatic heterocycles. The molecule has 0 aromatic heterocycles. The van der Waals surface area contributed by atoms with E-state index < -0.39 is 0 Å². The molecule has 0 amide bonds. The quantitative estimate of drug-likeness (QED) is 0.711. The van der Waals surface area contributed by atoms with E-state index >= 15 is 0 Å². The van der Waals surface area contributed by atoms with Crippen molar-refractivity contribution in [2.24, 2.45) is 0 Å². The van der Waals surface area contributed by atoms with Gasteiger partial charge in [-0.3, -0.25) is 0 Å². The normalized spacial score (nSPS) is 11.0. The summed E-state index contributed by atoms with van der Waals surface area (Å²) in [4.78, 5) is 11.6. The highest BCUT2D eigenvalue weighted by Gasteiger charge is 2.13. The Kier molecular flexibility index (Phi) is 1.96. The number of aromatic nitrogens is 3. The highest BCUT2D eigenvalue weighted by Crippen LogP contribution is 2.27. The number of aromatic amines is 1. The second kappa shape index (κ2) is 3.00. The second-order valence-corrected chi connectivity index (χ2v) is 3.33. The van der Waals surface area contributed by atoms with Gasteiger partial charge in [0.05, 0.1) is 5.56 Å². The largest absolute Gasteiger partial charge is 0.328 e. The standard InChI is InChI=1S/C9H10ClN3/c1-3-6-4-7-8(10)11-5(2)12-9(7)13-6/h4H,3H2,1-2H3,(H,11,12,13). The van der Waals surface area contributed by atoms with Crippen LogP contribution in [-0.2, 0) is 6.42 Å². The molecule has 3 nitrogen and oxygen atoms in total. The maximum Gasteiger partial charge on any atom is 0.142 e. The topological polar surface area (TPSA) is 41.6 Å². The van der Waals surface area contributed by atoms with E-state index in [0.717, 1.165) is 29.3 Å². The third kappa shape index (κ3) is 1.40. The van der Waals surface area contributed by atoms with Crippen LogP contribution in [0.4, 0.5) is 0 Å². The number of halogens is 1. The van der Waals surface area contributed by atoms with Gasteiger partial charge in [0.2, 0.25) is 0 Å². The van der Waals surface area contributed by atoms with E-state index in [1.165, 1.54) is 0 Å². The van der Waals surface area contributed by atoms with Crippen LogP contribution in [0.1, 0.15) is 18.4 Å². The van der Waals surface area contributed by atoms with Crippen molar-refractivity contribution in [3.05, 3.63) is 22.7 Å². The Hall–Kier alpha value is -1.09. The molecule has 68 valence electrons. The second-order valence-electron chi connectivity index (χ2n) is 2.98. The summed E-state index contributed by atoms with van der Waals surface area (Å²) in [6.07, 6.45) is 0.915. The number of hydrogen-bond acceptors (Lipinski definition) is 2. The predicted octanol–water partition coefficient (Wildman–Crippen LogP) is 2.43. The Morgan fingerprint density at radius 1 is 1.46 bits per heavy atom. The molecule has 2 rings (SSSR count). The van der Waals surface area contributed by atoms with Gasteiger partial charge in [0.1, 0.15) is 16.8 Å². The minimum absolute atomic E-state index is 0.526. The van der Waals surface area contributed by atoms with Crippen LogP contribution in [0.15, 0.2) is 6.07 Å². The van der Waals surface area contributed by atoms with Crippen LogP contribution in [0.25, 0.3) is 11.4 Å². The van der Waals surface area contributed by atoms with E-state index in [-0.39, 0.29) is 0 Å². The van der Waals surface area contributed by atoms with Gasteiger partial charge in [-0.05, 0) is 19.4 Å². The van der Waals surface area contributed by atoms with Crippen molar-refractivity contribution in [3.63, 3.8) is 0 Å². The molecule has 0 unspecified atom stereocenters. The summed E-state index contributed by atoms with van der Waals surface area (Å²) < 4.78 is 0. The summed E-state index contributed by atoms with van der Waals surface area (Å²) in [6, 6.07) is 1.97. The number of fused-ring (bicyclic) bond motifs is 1. The third-order valence-electron chi connectivity index (χ3n) is 1.97. The fourth-order valence-corrected chi connectivity index (χ4v) is 1.58. The average Bonchev–Trinajstić information content (AvgIpc) is 2.47. The van der Waals surface area contributed by atoms with Crippen LogP contribution in [0.2, 0.25) is 5.15 Å². The minimum Gasteiger partial charge on any atom is -0.328 e. The number of aryl methyl sites for hydroxylation is 2. The van der Waals surface area contributed by atoms with Crippen LogP contribution >= 0.6 is 11.6 Å². The molecule has 0 aromatic rings. The van der Waals surface area contributed by atoms with Gasteiger partial charge in [-0.2, -0.15) is 0 Å². The van der Waals surface area contributed by atoms with E-state index in [1.54, 1.807) is 0 Å². The van der Waals surface area contributed by atoms with Gasteiger partial charge in [0.15, 0.2) is 0 Å². The van der Waals surface area contributed by atoms with Gasteiger partial charge in [-0.25, -0.2) is 9.97 Å². The molecular weight excluding hydrogens is 186 g/mol. The smallest absolute Gasteiger partial charge is 0.142 e. The highest BCUT2D eigenvalue weighted by atomic mass is 35.5. The lowest BCUT2D eigenvalue weighted by Crippen LogP contribution is -1.93. The molecule has 0 saturated carbocycles. The van der Waals surface area contributed by atoms with Crippen molar-refractivity contribution >= 4 is 11.6 Å². The van der Waals surface area contributed by atoms with E-state index in [2.05, 4.69) is 21.9 Å². The molecule has 2 aliphatic rings. The number of nitrogens with zero attached hydrogens (tertiary/aromatic N) is 2. The first-order valence-electron chi connectivity index (χ1n) is 4.22. The molecule has 0 aromatic carbocycles. The molecule has 0 fully saturated rings. The van der Waals surface area contributed by atoms with Gasteiger partial charge >= 0.3 is 0 Å². The van der Waals surface area contributed by atoms with Crippen LogP contribution in [0.3, 0.4) is 0 Å². The maximum atomic E-state index is 5.96. The van der Waals surface area contributed by atoms with Gasteiger partial charge in [-0.1, -0.05) is 18.5 Å². The summed E-state index contributed by atoms with van der Waals surface area (Å²) in [7, 11) is 0. The van der Waals surface area contributed by atoms with E-state index in [9.17, 15) is 0 Å². The Morgan fingerprint density at radius 3 is 2.92 bits per heavy atom. The van der Waals surface area contributed by atoms with E-state index in [1.807, 2.05) is 13.0 Å². The molecule has 0 radical (unpaired) electrons. The SMILES string of the molecule is CCc1cc2c(Cl)nc(C)[nH]c-2n1. The fraction of sp³-hybridized carbons (Fsp3) is 0.333. The first kappa shape index (κ1) is 8.51. The Bertz CT molecular complexity index is 408. The lowest BCUT2D eigenvalue weighted by Gasteiger charge is -2.00. The van der Waals surface area contributed by atoms with Crippen LogP contribution < -0.4 is 0 Å². The molecule has 2 heterocycles. The summed E-state index contributed by atoms with van der Waals surface area (Å²) in [5.41, 5.74) is 1.95. The van der Waals surface area contributed by atoms with Crippen LogP contribution in [0.5, 0.6) is 0 Å². The first-order chi connectivity index (χ1) is 6.20. The molecule has 1 N–H and O–H groups in total. The fourth-order valence-electron chi connectivity index (χ4n) is 1.31.